The van der Waals surface area contributed by atoms with E-state index >= 15 is 0 Å². The molecule has 2 heterocycles. The van der Waals surface area contributed by atoms with Crippen molar-refractivity contribution < 1.29 is 18.0 Å². The molecule has 0 radical (unpaired) electrons. The SMILES string of the molecule is CS(=O)(=O)N1CCN(C(=O)[C@H](CN2CCC(N[C@@H]3C[C@H]3c3ccccc3)CC2)NC(=O)c2ccc(-c3ccccc3)cc2)CC1. The van der Waals surface area contributed by atoms with Crippen molar-refractivity contribution >= 4 is 21.8 Å². The van der Waals surface area contributed by atoms with Crippen LogP contribution in [0.2, 0.25) is 0 Å². The Bertz CT molecular complexity index is 1550. The van der Waals surface area contributed by atoms with E-state index in [1.54, 1.807) is 17.0 Å². The van der Waals surface area contributed by atoms with E-state index in [0.717, 1.165) is 37.1 Å². The molecule has 2 saturated heterocycles. The van der Waals surface area contributed by atoms with E-state index in [0.29, 0.717) is 43.2 Å². The maximum Gasteiger partial charge on any atom is 0.251 e. The maximum atomic E-state index is 13.8. The van der Waals surface area contributed by atoms with Crippen LogP contribution < -0.4 is 10.6 Å². The first-order valence-electron chi connectivity index (χ1n) is 16.0. The molecule has 0 spiro atoms. The number of amides is 2. The quantitative estimate of drug-likeness (QED) is 0.358. The zero-order chi connectivity index (χ0) is 31.4. The molecule has 2 amide bonds. The fourth-order valence-electron chi connectivity index (χ4n) is 6.62. The van der Waals surface area contributed by atoms with E-state index in [1.165, 1.54) is 22.5 Å². The Hall–Kier alpha value is -3.57. The van der Waals surface area contributed by atoms with Gasteiger partial charge in [0, 0.05) is 56.3 Å². The second-order valence-corrected chi connectivity index (χ2v) is 14.5. The molecule has 2 aliphatic heterocycles. The van der Waals surface area contributed by atoms with Gasteiger partial charge in [-0.1, -0.05) is 72.8 Å². The largest absolute Gasteiger partial charge is 0.339 e. The summed E-state index contributed by atoms with van der Waals surface area (Å²) in [5.74, 6) is 0.132. The summed E-state index contributed by atoms with van der Waals surface area (Å²) in [5.41, 5.74) is 3.98. The number of benzene rings is 3. The first kappa shape index (κ1) is 31.4. The van der Waals surface area contributed by atoms with Gasteiger partial charge in [0.05, 0.1) is 6.26 Å². The average Bonchev–Trinajstić information content (AvgIpc) is 3.84. The molecule has 0 bridgehead atoms. The zero-order valence-electron chi connectivity index (χ0n) is 25.8. The molecule has 3 fully saturated rings. The Kier molecular flexibility index (Phi) is 9.65. The van der Waals surface area contributed by atoms with Crippen LogP contribution in [0.1, 0.15) is 41.1 Å². The molecule has 0 unspecified atom stereocenters. The summed E-state index contributed by atoms with van der Waals surface area (Å²) in [6.07, 6.45) is 4.34. The van der Waals surface area contributed by atoms with Crippen LogP contribution in [0.3, 0.4) is 0 Å². The molecule has 10 heteroatoms. The number of nitrogens with one attached hydrogen (secondary N) is 2. The van der Waals surface area contributed by atoms with Crippen LogP contribution in [-0.2, 0) is 14.8 Å². The van der Waals surface area contributed by atoms with Gasteiger partial charge in [-0.05, 0) is 61.2 Å². The third-order valence-electron chi connectivity index (χ3n) is 9.37. The van der Waals surface area contributed by atoms with Gasteiger partial charge in [0.1, 0.15) is 6.04 Å². The summed E-state index contributed by atoms with van der Waals surface area (Å²) in [7, 11) is -3.31. The monoisotopic (exact) mass is 629 g/mol. The number of carbonyl (C=O) groups excluding carboxylic acids is 2. The number of hydrogen-bond donors (Lipinski definition) is 2. The molecule has 238 valence electrons. The highest BCUT2D eigenvalue weighted by molar-refractivity contribution is 7.88. The fourth-order valence-corrected chi connectivity index (χ4v) is 7.45. The summed E-state index contributed by atoms with van der Waals surface area (Å²) < 4.78 is 25.4. The van der Waals surface area contributed by atoms with E-state index < -0.39 is 16.1 Å². The van der Waals surface area contributed by atoms with Crippen molar-refractivity contribution in [3.63, 3.8) is 0 Å². The molecule has 3 aromatic carbocycles. The van der Waals surface area contributed by atoms with Crippen LogP contribution in [0.4, 0.5) is 0 Å². The number of rotatable bonds is 10. The van der Waals surface area contributed by atoms with Gasteiger partial charge in [-0.3, -0.25) is 9.59 Å². The number of hydrogen-bond acceptors (Lipinski definition) is 6. The molecule has 3 atom stereocenters. The molecule has 1 saturated carbocycles. The maximum absolute atomic E-state index is 13.8. The van der Waals surface area contributed by atoms with Gasteiger partial charge in [-0.25, -0.2) is 8.42 Å². The molecular weight excluding hydrogens is 586 g/mol. The van der Waals surface area contributed by atoms with Gasteiger partial charge in [-0.2, -0.15) is 4.31 Å². The van der Waals surface area contributed by atoms with Crippen molar-refractivity contribution in [2.75, 3.05) is 52.1 Å². The van der Waals surface area contributed by atoms with Gasteiger partial charge in [0.15, 0.2) is 0 Å². The highest BCUT2D eigenvalue weighted by Crippen LogP contribution is 2.41. The summed E-state index contributed by atoms with van der Waals surface area (Å²) in [6, 6.07) is 28.3. The third-order valence-corrected chi connectivity index (χ3v) is 10.7. The van der Waals surface area contributed by atoms with Crippen molar-refractivity contribution in [2.24, 2.45) is 0 Å². The molecule has 6 rings (SSSR count). The van der Waals surface area contributed by atoms with Gasteiger partial charge >= 0.3 is 0 Å². The van der Waals surface area contributed by atoms with Crippen molar-refractivity contribution in [3.8, 4) is 11.1 Å². The predicted molar refractivity (Wildman–Crippen MR) is 176 cm³/mol. The lowest BCUT2D eigenvalue weighted by molar-refractivity contribution is -0.135. The second kappa shape index (κ2) is 13.8. The molecule has 45 heavy (non-hydrogen) atoms. The molecule has 9 nitrogen and oxygen atoms in total. The number of carbonyl (C=O) groups is 2. The molecular formula is C35H43N5O4S. The summed E-state index contributed by atoms with van der Waals surface area (Å²) in [6.45, 7) is 3.23. The zero-order valence-corrected chi connectivity index (χ0v) is 26.7. The minimum Gasteiger partial charge on any atom is -0.339 e. The van der Waals surface area contributed by atoms with Crippen LogP contribution in [0.25, 0.3) is 11.1 Å². The lowest BCUT2D eigenvalue weighted by atomic mass is 10.0. The number of piperidine rings is 1. The van der Waals surface area contributed by atoms with Gasteiger partial charge < -0.3 is 20.4 Å². The Labute approximate surface area is 266 Å². The fraction of sp³-hybridized carbons (Fsp3) is 0.429. The highest BCUT2D eigenvalue weighted by Gasteiger charge is 2.40. The molecule has 3 aromatic rings. The van der Waals surface area contributed by atoms with Crippen molar-refractivity contribution in [2.45, 2.75) is 43.3 Å². The number of likely N-dealkylation sites (tertiary alicyclic amines) is 1. The van der Waals surface area contributed by atoms with Crippen LogP contribution >= 0.6 is 0 Å². The first-order chi connectivity index (χ1) is 21.7. The molecule has 0 aromatic heterocycles. The minimum atomic E-state index is -3.31. The smallest absolute Gasteiger partial charge is 0.251 e. The predicted octanol–water partition coefficient (Wildman–Crippen LogP) is 3.17. The van der Waals surface area contributed by atoms with Crippen LogP contribution in [-0.4, -0.2) is 105 Å². The number of piperazine rings is 1. The summed E-state index contributed by atoms with van der Waals surface area (Å²) >= 11 is 0. The van der Waals surface area contributed by atoms with Crippen molar-refractivity contribution in [3.05, 3.63) is 96.1 Å². The average molecular weight is 630 g/mol. The molecule has 2 N–H and O–H groups in total. The van der Waals surface area contributed by atoms with Gasteiger partial charge in [-0.15, -0.1) is 0 Å². The Morgan fingerprint density at radius 3 is 2.02 bits per heavy atom. The Balaban J connectivity index is 1.08. The molecule has 3 aliphatic rings. The first-order valence-corrected chi connectivity index (χ1v) is 17.8. The Morgan fingerprint density at radius 1 is 0.800 bits per heavy atom. The van der Waals surface area contributed by atoms with Crippen molar-refractivity contribution in [1.82, 2.24) is 24.7 Å². The lowest BCUT2D eigenvalue weighted by Gasteiger charge is -2.38. The van der Waals surface area contributed by atoms with E-state index in [1.807, 2.05) is 42.5 Å². The van der Waals surface area contributed by atoms with Crippen LogP contribution in [0, 0.1) is 0 Å². The van der Waals surface area contributed by atoms with E-state index in [9.17, 15) is 18.0 Å². The summed E-state index contributed by atoms with van der Waals surface area (Å²) in [5, 5.41) is 6.89. The van der Waals surface area contributed by atoms with E-state index in [2.05, 4.69) is 45.9 Å². The van der Waals surface area contributed by atoms with Crippen LogP contribution in [0.5, 0.6) is 0 Å². The highest BCUT2D eigenvalue weighted by atomic mass is 32.2. The van der Waals surface area contributed by atoms with Gasteiger partial charge in [0.25, 0.3) is 5.91 Å². The lowest BCUT2D eigenvalue weighted by Crippen LogP contribution is -2.59. The van der Waals surface area contributed by atoms with Crippen molar-refractivity contribution in [1.29, 1.82) is 0 Å². The van der Waals surface area contributed by atoms with E-state index in [-0.39, 0.29) is 24.9 Å². The molecule has 1 aliphatic carbocycles. The van der Waals surface area contributed by atoms with Crippen LogP contribution in [0.15, 0.2) is 84.9 Å². The summed E-state index contributed by atoms with van der Waals surface area (Å²) in [4.78, 5) is 31.2. The topological polar surface area (TPSA) is 102 Å². The standard InChI is InChI=1S/C35H43N5O4S/c1-45(43,44)40-22-20-39(21-23-40)35(42)33(37-34(41)29-14-12-27(13-15-29)26-8-4-2-5-9-26)25-38-18-16-30(17-19-38)36-32-24-31(32)28-10-6-3-7-11-28/h2-15,30-33,36H,16-25H2,1H3,(H,37,41)/t31-,32+,33-/m0/s1. The normalized spacial score (nSPS) is 22.1. The van der Waals surface area contributed by atoms with Gasteiger partial charge in [0.2, 0.25) is 15.9 Å². The second-order valence-electron chi connectivity index (χ2n) is 12.6. The minimum absolute atomic E-state index is 0.165. The Morgan fingerprint density at radius 2 is 1.40 bits per heavy atom. The number of nitrogens with zero attached hydrogens (tertiary/aromatic N) is 3. The van der Waals surface area contributed by atoms with E-state index in [4.69, 9.17) is 0 Å². The third kappa shape index (κ3) is 7.99. The number of sulfonamides is 1.